The molecule has 1 atom stereocenters. The van der Waals surface area contributed by atoms with Crippen molar-refractivity contribution in [2.45, 2.75) is 77.8 Å². The second-order valence-electron chi connectivity index (χ2n) is 11.5. The number of nitrogens with one attached hydrogen (secondary N) is 1. The normalized spacial score (nSPS) is 12.5. The summed E-state index contributed by atoms with van der Waals surface area (Å²) in [7, 11) is -4.10. The van der Waals surface area contributed by atoms with E-state index in [-0.39, 0.29) is 17.3 Å². The highest BCUT2D eigenvalue weighted by Crippen LogP contribution is 2.29. The SMILES string of the molecule is CC[C@H](C(=O)NC(C)(C)C)N(CCc1ccccc1)C(=O)CN(c1cccc(C)c1C)S(=O)(=O)c1ccc(C)cc1. The van der Waals surface area contributed by atoms with Crippen molar-refractivity contribution in [3.8, 4) is 0 Å². The molecule has 3 aromatic carbocycles. The molecule has 220 valence electrons. The standard InChI is InChI=1S/C33H43N3O4S/c1-8-29(32(38)34-33(5,6)7)35(22-21-27-14-10-9-11-15-27)31(37)23-36(30-16-12-13-25(3)26(30)4)41(39,40)28-19-17-24(2)18-20-28/h9-20,29H,8,21-23H2,1-7H3,(H,34,38)/t29-/m1/s1. The van der Waals surface area contributed by atoms with E-state index in [2.05, 4.69) is 5.32 Å². The molecule has 3 rings (SSSR count). The highest BCUT2D eigenvalue weighted by atomic mass is 32.2. The third kappa shape index (κ3) is 8.19. The lowest BCUT2D eigenvalue weighted by Gasteiger charge is -2.35. The molecule has 0 aliphatic rings. The van der Waals surface area contributed by atoms with Crippen LogP contribution in [-0.2, 0) is 26.0 Å². The van der Waals surface area contributed by atoms with Gasteiger partial charge in [-0.2, -0.15) is 0 Å². The van der Waals surface area contributed by atoms with Gasteiger partial charge in [0.1, 0.15) is 12.6 Å². The Kier molecular flexibility index (Phi) is 10.4. The van der Waals surface area contributed by atoms with E-state index in [1.165, 1.54) is 9.21 Å². The van der Waals surface area contributed by atoms with Gasteiger partial charge in [0.2, 0.25) is 11.8 Å². The van der Waals surface area contributed by atoms with Gasteiger partial charge in [-0.1, -0.05) is 67.1 Å². The first kappa shape index (κ1) is 31.9. The maximum Gasteiger partial charge on any atom is 0.264 e. The van der Waals surface area contributed by atoms with Crippen LogP contribution >= 0.6 is 0 Å². The van der Waals surface area contributed by atoms with Gasteiger partial charge in [-0.05, 0) is 89.3 Å². The number of carbonyl (C=O) groups is 2. The number of nitrogens with zero attached hydrogens (tertiary/aromatic N) is 2. The van der Waals surface area contributed by atoms with Crippen LogP contribution in [0, 0.1) is 20.8 Å². The number of benzene rings is 3. The second kappa shape index (κ2) is 13.3. The predicted molar refractivity (Wildman–Crippen MR) is 165 cm³/mol. The minimum absolute atomic E-state index is 0.102. The van der Waals surface area contributed by atoms with E-state index >= 15 is 0 Å². The molecule has 0 saturated heterocycles. The highest BCUT2D eigenvalue weighted by molar-refractivity contribution is 7.92. The molecule has 0 aromatic heterocycles. The van der Waals surface area contributed by atoms with Crippen molar-refractivity contribution in [2.24, 2.45) is 0 Å². The van der Waals surface area contributed by atoms with Gasteiger partial charge in [0, 0.05) is 12.1 Å². The second-order valence-corrected chi connectivity index (χ2v) is 13.4. The third-order valence-electron chi connectivity index (χ3n) is 7.10. The number of hydrogen-bond acceptors (Lipinski definition) is 4. The van der Waals surface area contributed by atoms with Gasteiger partial charge in [0.25, 0.3) is 10.0 Å². The molecule has 3 aromatic rings. The Morgan fingerprint density at radius 1 is 0.878 bits per heavy atom. The first-order valence-corrected chi connectivity index (χ1v) is 15.5. The summed E-state index contributed by atoms with van der Waals surface area (Å²) >= 11 is 0. The van der Waals surface area contributed by atoms with E-state index in [1.807, 2.05) is 84.9 Å². The molecule has 0 unspecified atom stereocenters. The molecule has 1 N–H and O–H groups in total. The fourth-order valence-electron chi connectivity index (χ4n) is 4.71. The highest BCUT2D eigenvalue weighted by Gasteiger charge is 2.34. The number of hydrogen-bond donors (Lipinski definition) is 1. The molecule has 2 amide bonds. The average molecular weight is 578 g/mol. The maximum atomic E-state index is 14.2. The Bertz CT molecular complexity index is 1450. The first-order valence-electron chi connectivity index (χ1n) is 14.1. The fraction of sp³-hybridized carbons (Fsp3) is 0.394. The van der Waals surface area contributed by atoms with Crippen LogP contribution in [0.25, 0.3) is 0 Å². The molecular formula is C33H43N3O4S. The van der Waals surface area contributed by atoms with Crippen LogP contribution in [0.1, 0.15) is 56.4 Å². The fourth-order valence-corrected chi connectivity index (χ4v) is 6.18. The summed E-state index contributed by atoms with van der Waals surface area (Å²) in [4.78, 5) is 29.2. The topological polar surface area (TPSA) is 86.8 Å². The monoisotopic (exact) mass is 577 g/mol. The summed E-state index contributed by atoms with van der Waals surface area (Å²) in [6.07, 6.45) is 0.913. The van der Waals surface area contributed by atoms with Crippen LogP contribution in [-0.4, -0.2) is 49.8 Å². The molecule has 0 aliphatic heterocycles. The van der Waals surface area contributed by atoms with Crippen molar-refractivity contribution < 1.29 is 18.0 Å². The average Bonchev–Trinajstić information content (AvgIpc) is 2.91. The number of rotatable bonds is 11. The van der Waals surface area contributed by atoms with Crippen molar-refractivity contribution >= 4 is 27.5 Å². The Hall–Kier alpha value is -3.65. The van der Waals surface area contributed by atoms with Gasteiger partial charge in [-0.25, -0.2) is 8.42 Å². The molecule has 7 nitrogen and oxygen atoms in total. The molecule has 8 heteroatoms. The van der Waals surface area contributed by atoms with E-state index in [9.17, 15) is 18.0 Å². The molecule has 0 aliphatic carbocycles. The third-order valence-corrected chi connectivity index (χ3v) is 8.87. The summed E-state index contributed by atoms with van der Waals surface area (Å²) in [5.41, 5.74) is 3.59. The van der Waals surface area contributed by atoms with Gasteiger partial charge in [0.05, 0.1) is 10.6 Å². The minimum Gasteiger partial charge on any atom is -0.350 e. The summed E-state index contributed by atoms with van der Waals surface area (Å²) in [6, 6.07) is 21.0. The molecule has 0 bridgehead atoms. The van der Waals surface area contributed by atoms with Gasteiger partial charge in [-0.3, -0.25) is 13.9 Å². The summed E-state index contributed by atoms with van der Waals surface area (Å²) < 4.78 is 29.4. The molecule has 0 radical (unpaired) electrons. The number of sulfonamides is 1. The zero-order valence-electron chi connectivity index (χ0n) is 25.3. The Balaban J connectivity index is 2.06. The van der Waals surface area contributed by atoms with Crippen LogP contribution in [0.3, 0.4) is 0 Å². The molecule has 0 fully saturated rings. The van der Waals surface area contributed by atoms with E-state index in [1.54, 1.807) is 36.4 Å². The summed E-state index contributed by atoms with van der Waals surface area (Å²) in [6.45, 7) is 13.0. The lowest BCUT2D eigenvalue weighted by atomic mass is 10.1. The maximum absolute atomic E-state index is 14.2. The van der Waals surface area contributed by atoms with Crippen LogP contribution in [0.15, 0.2) is 77.7 Å². The van der Waals surface area contributed by atoms with Crippen molar-refractivity contribution in [2.75, 3.05) is 17.4 Å². The smallest absolute Gasteiger partial charge is 0.264 e. The van der Waals surface area contributed by atoms with Gasteiger partial charge < -0.3 is 10.2 Å². The largest absolute Gasteiger partial charge is 0.350 e. The molecular weight excluding hydrogens is 534 g/mol. The lowest BCUT2D eigenvalue weighted by Crippen LogP contribution is -2.56. The lowest BCUT2D eigenvalue weighted by molar-refractivity contribution is -0.140. The van der Waals surface area contributed by atoms with Crippen molar-refractivity contribution in [3.05, 3.63) is 95.1 Å². The summed E-state index contributed by atoms with van der Waals surface area (Å²) in [5, 5.41) is 3.00. The van der Waals surface area contributed by atoms with Crippen LogP contribution in [0.4, 0.5) is 5.69 Å². The Morgan fingerprint density at radius 3 is 2.10 bits per heavy atom. The van der Waals surface area contributed by atoms with E-state index in [0.29, 0.717) is 18.5 Å². The number of amides is 2. The Morgan fingerprint density at radius 2 is 1.51 bits per heavy atom. The molecule has 0 saturated carbocycles. The van der Waals surface area contributed by atoms with E-state index in [0.717, 1.165) is 22.3 Å². The molecule has 0 spiro atoms. The number of carbonyl (C=O) groups excluding carboxylic acids is 2. The molecule has 41 heavy (non-hydrogen) atoms. The predicted octanol–water partition coefficient (Wildman–Crippen LogP) is 5.57. The summed E-state index contributed by atoms with van der Waals surface area (Å²) in [5.74, 6) is -0.700. The zero-order chi connectivity index (χ0) is 30.4. The minimum atomic E-state index is -4.10. The van der Waals surface area contributed by atoms with Crippen molar-refractivity contribution in [1.29, 1.82) is 0 Å². The first-order chi connectivity index (χ1) is 19.2. The van der Waals surface area contributed by atoms with Crippen LogP contribution < -0.4 is 9.62 Å². The number of anilines is 1. The van der Waals surface area contributed by atoms with Crippen molar-refractivity contribution in [1.82, 2.24) is 10.2 Å². The van der Waals surface area contributed by atoms with E-state index < -0.39 is 34.1 Å². The number of aryl methyl sites for hydroxylation is 2. The van der Waals surface area contributed by atoms with Crippen molar-refractivity contribution in [3.63, 3.8) is 0 Å². The van der Waals surface area contributed by atoms with Crippen LogP contribution in [0.2, 0.25) is 0 Å². The van der Waals surface area contributed by atoms with Gasteiger partial charge in [-0.15, -0.1) is 0 Å². The Labute approximate surface area is 245 Å². The van der Waals surface area contributed by atoms with Gasteiger partial charge >= 0.3 is 0 Å². The van der Waals surface area contributed by atoms with Crippen LogP contribution in [0.5, 0.6) is 0 Å². The zero-order valence-corrected chi connectivity index (χ0v) is 26.1. The quantitative estimate of drug-likeness (QED) is 0.323. The van der Waals surface area contributed by atoms with E-state index in [4.69, 9.17) is 0 Å². The van der Waals surface area contributed by atoms with Gasteiger partial charge in [0.15, 0.2) is 0 Å². The molecule has 0 heterocycles.